The van der Waals surface area contributed by atoms with Crippen molar-refractivity contribution in [2.75, 3.05) is 7.05 Å². The number of halogens is 1. The summed E-state index contributed by atoms with van der Waals surface area (Å²) >= 11 is 6.00. The topological polar surface area (TPSA) is 25.2 Å². The van der Waals surface area contributed by atoms with Gasteiger partial charge in [-0.3, -0.25) is 0 Å². The largest absolute Gasteiger partial charge is 0.459 e. The van der Waals surface area contributed by atoms with Crippen molar-refractivity contribution in [3.8, 4) is 0 Å². The Morgan fingerprint density at radius 1 is 1.05 bits per heavy atom. The first-order valence-corrected chi connectivity index (χ1v) is 6.57. The standard InChI is InChI=1S/C16H14ClNO/c1-18-16(11-5-3-2-4-6-11)15-10-12-9-13(17)7-8-14(12)19-15/h2-10,16,18H,1H3. The zero-order valence-electron chi connectivity index (χ0n) is 10.6. The Morgan fingerprint density at radius 2 is 1.84 bits per heavy atom. The molecule has 2 nitrogen and oxygen atoms in total. The van der Waals surface area contributed by atoms with E-state index in [0.29, 0.717) is 0 Å². The smallest absolute Gasteiger partial charge is 0.134 e. The molecule has 0 amide bonds. The van der Waals surface area contributed by atoms with Crippen molar-refractivity contribution in [3.63, 3.8) is 0 Å². The van der Waals surface area contributed by atoms with E-state index in [1.807, 2.05) is 49.5 Å². The fraction of sp³-hybridized carbons (Fsp3) is 0.125. The molecule has 96 valence electrons. The van der Waals surface area contributed by atoms with Crippen molar-refractivity contribution in [1.82, 2.24) is 5.32 Å². The molecule has 19 heavy (non-hydrogen) atoms. The van der Waals surface area contributed by atoms with Crippen molar-refractivity contribution in [2.24, 2.45) is 0 Å². The van der Waals surface area contributed by atoms with Crippen molar-refractivity contribution >= 4 is 22.6 Å². The zero-order valence-corrected chi connectivity index (χ0v) is 11.3. The minimum absolute atomic E-state index is 0.0485. The summed E-state index contributed by atoms with van der Waals surface area (Å²) in [7, 11) is 1.93. The minimum Gasteiger partial charge on any atom is -0.459 e. The molecular weight excluding hydrogens is 258 g/mol. The highest BCUT2D eigenvalue weighted by Gasteiger charge is 2.16. The lowest BCUT2D eigenvalue weighted by molar-refractivity contribution is 0.491. The Balaban J connectivity index is 2.07. The fourth-order valence-corrected chi connectivity index (χ4v) is 2.48. The molecular formula is C16H14ClNO. The third-order valence-electron chi connectivity index (χ3n) is 3.20. The van der Waals surface area contributed by atoms with Gasteiger partial charge in [-0.1, -0.05) is 41.9 Å². The molecule has 0 saturated carbocycles. The van der Waals surface area contributed by atoms with Crippen molar-refractivity contribution in [2.45, 2.75) is 6.04 Å². The molecule has 1 aromatic heterocycles. The molecule has 1 unspecified atom stereocenters. The molecule has 2 aromatic carbocycles. The predicted octanol–water partition coefficient (Wildman–Crippen LogP) is 4.40. The molecule has 1 N–H and O–H groups in total. The summed E-state index contributed by atoms with van der Waals surface area (Å²) in [5.41, 5.74) is 2.03. The van der Waals surface area contributed by atoms with Crippen LogP contribution in [0.15, 0.2) is 59.0 Å². The van der Waals surface area contributed by atoms with Crippen LogP contribution < -0.4 is 5.32 Å². The highest BCUT2D eigenvalue weighted by Crippen LogP contribution is 2.29. The van der Waals surface area contributed by atoms with E-state index in [1.54, 1.807) is 0 Å². The third-order valence-corrected chi connectivity index (χ3v) is 3.44. The van der Waals surface area contributed by atoms with E-state index < -0.39 is 0 Å². The van der Waals surface area contributed by atoms with Crippen LogP contribution in [0.4, 0.5) is 0 Å². The first kappa shape index (κ1) is 12.3. The van der Waals surface area contributed by atoms with Crippen LogP contribution in [-0.4, -0.2) is 7.05 Å². The SMILES string of the molecule is CNC(c1ccccc1)c1cc2cc(Cl)ccc2o1. The zero-order chi connectivity index (χ0) is 13.2. The van der Waals surface area contributed by atoms with Gasteiger partial charge in [-0.05, 0) is 36.9 Å². The lowest BCUT2D eigenvalue weighted by atomic mass is 10.0. The Bertz CT molecular complexity index is 690. The first-order valence-electron chi connectivity index (χ1n) is 6.19. The second-order valence-corrected chi connectivity index (χ2v) is 4.90. The normalized spacial score (nSPS) is 12.7. The highest BCUT2D eigenvalue weighted by molar-refractivity contribution is 6.31. The van der Waals surface area contributed by atoms with E-state index in [9.17, 15) is 0 Å². The van der Waals surface area contributed by atoms with Gasteiger partial charge in [0.05, 0.1) is 6.04 Å². The maximum Gasteiger partial charge on any atom is 0.134 e. The van der Waals surface area contributed by atoms with Gasteiger partial charge < -0.3 is 9.73 Å². The molecule has 1 heterocycles. The number of hydrogen-bond acceptors (Lipinski definition) is 2. The van der Waals surface area contributed by atoms with Crippen LogP contribution in [0.25, 0.3) is 11.0 Å². The number of rotatable bonds is 3. The second kappa shape index (κ2) is 5.08. The molecule has 3 aromatic rings. The quantitative estimate of drug-likeness (QED) is 0.764. The lowest BCUT2D eigenvalue weighted by Crippen LogP contribution is -2.16. The second-order valence-electron chi connectivity index (χ2n) is 4.46. The molecule has 0 saturated heterocycles. The van der Waals surface area contributed by atoms with Crippen molar-refractivity contribution < 1.29 is 4.42 Å². The number of hydrogen-bond donors (Lipinski definition) is 1. The highest BCUT2D eigenvalue weighted by atomic mass is 35.5. The number of nitrogens with one attached hydrogen (secondary N) is 1. The van der Waals surface area contributed by atoms with Crippen LogP contribution in [0, 0.1) is 0 Å². The first-order chi connectivity index (χ1) is 9.28. The lowest BCUT2D eigenvalue weighted by Gasteiger charge is -2.13. The fourth-order valence-electron chi connectivity index (χ4n) is 2.30. The van der Waals surface area contributed by atoms with Crippen LogP contribution in [0.3, 0.4) is 0 Å². The van der Waals surface area contributed by atoms with E-state index >= 15 is 0 Å². The van der Waals surface area contributed by atoms with E-state index in [0.717, 1.165) is 21.8 Å². The maximum atomic E-state index is 6.00. The average molecular weight is 272 g/mol. The monoisotopic (exact) mass is 271 g/mol. The number of furan rings is 1. The number of benzene rings is 2. The van der Waals surface area contributed by atoms with E-state index in [1.165, 1.54) is 5.56 Å². The molecule has 0 aliphatic rings. The Morgan fingerprint density at radius 3 is 2.58 bits per heavy atom. The molecule has 0 spiro atoms. The van der Waals surface area contributed by atoms with Crippen LogP contribution >= 0.6 is 11.6 Å². The third kappa shape index (κ3) is 2.37. The van der Waals surface area contributed by atoms with Crippen LogP contribution in [-0.2, 0) is 0 Å². The number of fused-ring (bicyclic) bond motifs is 1. The van der Waals surface area contributed by atoms with E-state index in [-0.39, 0.29) is 6.04 Å². The van der Waals surface area contributed by atoms with Crippen LogP contribution in [0.1, 0.15) is 17.4 Å². The van der Waals surface area contributed by atoms with Gasteiger partial charge in [-0.15, -0.1) is 0 Å². The van der Waals surface area contributed by atoms with Gasteiger partial charge in [-0.2, -0.15) is 0 Å². The van der Waals surface area contributed by atoms with Gasteiger partial charge in [0.1, 0.15) is 11.3 Å². The van der Waals surface area contributed by atoms with Crippen molar-refractivity contribution in [1.29, 1.82) is 0 Å². The maximum absolute atomic E-state index is 6.00. The molecule has 3 heteroatoms. The Labute approximate surface area is 117 Å². The van der Waals surface area contributed by atoms with Gasteiger partial charge in [0, 0.05) is 10.4 Å². The molecule has 1 atom stereocenters. The van der Waals surface area contributed by atoms with E-state index in [2.05, 4.69) is 17.4 Å². The van der Waals surface area contributed by atoms with E-state index in [4.69, 9.17) is 16.0 Å². The molecule has 0 radical (unpaired) electrons. The molecule has 0 aliphatic carbocycles. The van der Waals surface area contributed by atoms with Gasteiger partial charge in [0.2, 0.25) is 0 Å². The predicted molar refractivity (Wildman–Crippen MR) is 78.6 cm³/mol. The van der Waals surface area contributed by atoms with Gasteiger partial charge in [0.15, 0.2) is 0 Å². The summed E-state index contributed by atoms with van der Waals surface area (Å²) < 4.78 is 5.91. The summed E-state index contributed by atoms with van der Waals surface area (Å²) in [6.07, 6.45) is 0. The van der Waals surface area contributed by atoms with Gasteiger partial charge >= 0.3 is 0 Å². The average Bonchev–Trinajstić information content (AvgIpc) is 2.83. The summed E-state index contributed by atoms with van der Waals surface area (Å²) in [4.78, 5) is 0. The molecule has 0 bridgehead atoms. The van der Waals surface area contributed by atoms with Gasteiger partial charge in [0.25, 0.3) is 0 Å². The van der Waals surface area contributed by atoms with Crippen molar-refractivity contribution in [3.05, 3.63) is 70.9 Å². The molecule has 3 rings (SSSR count). The van der Waals surface area contributed by atoms with Crippen LogP contribution in [0.5, 0.6) is 0 Å². The summed E-state index contributed by atoms with van der Waals surface area (Å²) in [5, 5.41) is 5.03. The Hall–Kier alpha value is -1.77. The summed E-state index contributed by atoms with van der Waals surface area (Å²) in [6.45, 7) is 0. The molecule has 0 aliphatic heterocycles. The summed E-state index contributed by atoms with van der Waals surface area (Å²) in [5.74, 6) is 0.894. The minimum atomic E-state index is 0.0485. The van der Waals surface area contributed by atoms with Gasteiger partial charge in [-0.25, -0.2) is 0 Å². The Kier molecular flexibility index (Phi) is 3.28. The molecule has 0 fully saturated rings. The van der Waals surface area contributed by atoms with Crippen LogP contribution in [0.2, 0.25) is 5.02 Å². The summed E-state index contributed by atoms with van der Waals surface area (Å²) in [6, 6.07) is 18.0.